The molecular weight excluding hydrogens is 238 g/mol. The van der Waals surface area contributed by atoms with Gasteiger partial charge in [-0.25, -0.2) is 0 Å². The lowest BCUT2D eigenvalue weighted by Gasteiger charge is -2.09. The Morgan fingerprint density at radius 3 is 2.89 bits per heavy atom. The Hall–Kier alpha value is -1.96. The molecule has 0 aliphatic rings. The molecule has 1 atom stereocenters. The van der Waals surface area contributed by atoms with E-state index in [1.807, 2.05) is 0 Å². The first-order valence-corrected chi connectivity index (χ1v) is 5.69. The molecule has 1 rings (SSSR count). The van der Waals surface area contributed by atoms with Gasteiger partial charge >= 0.3 is 5.97 Å². The minimum atomic E-state index is -0.926. The normalized spacial score (nSPS) is 12.1. The summed E-state index contributed by atoms with van der Waals surface area (Å²) in [6, 6.07) is 0. The SMILES string of the molecule is CCC(CNC(=O)c1cn(CCN)nn1)C(=O)O. The van der Waals surface area contributed by atoms with Crippen molar-refractivity contribution in [3.05, 3.63) is 11.9 Å². The van der Waals surface area contributed by atoms with Crippen LogP contribution in [0.25, 0.3) is 0 Å². The Kier molecular flexibility index (Phi) is 5.25. The fourth-order valence-corrected chi connectivity index (χ4v) is 1.36. The zero-order valence-corrected chi connectivity index (χ0v) is 10.2. The van der Waals surface area contributed by atoms with Crippen molar-refractivity contribution in [3.8, 4) is 0 Å². The molecule has 100 valence electrons. The lowest BCUT2D eigenvalue weighted by Crippen LogP contribution is -2.32. The van der Waals surface area contributed by atoms with Crippen molar-refractivity contribution in [2.24, 2.45) is 11.7 Å². The molecule has 1 unspecified atom stereocenters. The van der Waals surface area contributed by atoms with Gasteiger partial charge in [0.25, 0.3) is 5.91 Å². The summed E-state index contributed by atoms with van der Waals surface area (Å²) in [5.41, 5.74) is 5.50. The number of carboxylic acid groups (broad SMARTS) is 1. The molecule has 0 radical (unpaired) electrons. The number of carboxylic acids is 1. The lowest BCUT2D eigenvalue weighted by atomic mass is 10.1. The molecule has 0 aliphatic carbocycles. The second-order valence-electron chi connectivity index (χ2n) is 3.81. The molecule has 0 saturated carbocycles. The standard InChI is InChI=1S/C10H17N5O3/c1-2-7(10(17)18)5-12-9(16)8-6-15(4-3-11)14-13-8/h6-7H,2-5,11H2,1H3,(H,12,16)(H,17,18). The quantitative estimate of drug-likeness (QED) is 0.579. The Balaban J connectivity index is 2.51. The number of nitrogens with zero attached hydrogens (tertiary/aromatic N) is 3. The third-order valence-electron chi connectivity index (χ3n) is 2.48. The lowest BCUT2D eigenvalue weighted by molar-refractivity contribution is -0.141. The monoisotopic (exact) mass is 255 g/mol. The highest BCUT2D eigenvalue weighted by atomic mass is 16.4. The fraction of sp³-hybridized carbons (Fsp3) is 0.600. The number of hydrogen-bond donors (Lipinski definition) is 3. The number of aromatic nitrogens is 3. The molecule has 0 fully saturated rings. The van der Waals surface area contributed by atoms with E-state index in [4.69, 9.17) is 10.8 Å². The molecule has 0 aromatic carbocycles. The first-order chi connectivity index (χ1) is 8.58. The number of nitrogens with two attached hydrogens (primary N) is 1. The summed E-state index contributed by atoms with van der Waals surface area (Å²) in [5, 5.41) is 18.8. The van der Waals surface area contributed by atoms with Gasteiger partial charge in [-0.2, -0.15) is 0 Å². The number of carbonyl (C=O) groups is 2. The van der Waals surface area contributed by atoms with Crippen LogP contribution < -0.4 is 11.1 Å². The molecule has 8 nitrogen and oxygen atoms in total. The molecule has 8 heteroatoms. The van der Waals surface area contributed by atoms with Crippen LogP contribution >= 0.6 is 0 Å². The van der Waals surface area contributed by atoms with Crippen LogP contribution in [-0.2, 0) is 11.3 Å². The number of amides is 1. The molecular formula is C10H17N5O3. The van der Waals surface area contributed by atoms with Gasteiger partial charge in [0.05, 0.1) is 18.7 Å². The smallest absolute Gasteiger partial charge is 0.308 e. The maximum atomic E-state index is 11.7. The van der Waals surface area contributed by atoms with Gasteiger partial charge in [0, 0.05) is 13.1 Å². The number of rotatable bonds is 7. The average Bonchev–Trinajstić information content (AvgIpc) is 2.78. The molecule has 1 amide bonds. The number of hydrogen-bond acceptors (Lipinski definition) is 5. The molecule has 18 heavy (non-hydrogen) atoms. The number of carbonyl (C=O) groups excluding carboxylic acids is 1. The second-order valence-corrected chi connectivity index (χ2v) is 3.81. The number of aliphatic carboxylic acids is 1. The van der Waals surface area contributed by atoms with Crippen LogP contribution in [0, 0.1) is 5.92 Å². The van der Waals surface area contributed by atoms with Gasteiger partial charge in [-0.3, -0.25) is 14.3 Å². The molecule has 0 spiro atoms. The van der Waals surface area contributed by atoms with E-state index in [2.05, 4.69) is 15.6 Å². The summed E-state index contributed by atoms with van der Waals surface area (Å²) in [4.78, 5) is 22.4. The fourth-order valence-electron chi connectivity index (χ4n) is 1.36. The third-order valence-corrected chi connectivity index (χ3v) is 2.48. The van der Waals surface area contributed by atoms with Crippen LogP contribution in [0.1, 0.15) is 23.8 Å². The zero-order chi connectivity index (χ0) is 13.5. The maximum Gasteiger partial charge on any atom is 0.308 e. The van der Waals surface area contributed by atoms with Gasteiger partial charge in [-0.05, 0) is 6.42 Å². The van der Waals surface area contributed by atoms with E-state index in [1.165, 1.54) is 10.9 Å². The van der Waals surface area contributed by atoms with Gasteiger partial charge in [0.15, 0.2) is 5.69 Å². The van der Waals surface area contributed by atoms with Gasteiger partial charge < -0.3 is 16.2 Å². The summed E-state index contributed by atoms with van der Waals surface area (Å²) in [7, 11) is 0. The van der Waals surface area contributed by atoms with Crippen molar-refractivity contribution in [2.45, 2.75) is 19.9 Å². The van der Waals surface area contributed by atoms with Crippen molar-refractivity contribution in [1.29, 1.82) is 0 Å². The van der Waals surface area contributed by atoms with E-state index < -0.39 is 17.8 Å². The Labute approximate surface area is 104 Å². The topological polar surface area (TPSA) is 123 Å². The first kappa shape index (κ1) is 14.1. The van der Waals surface area contributed by atoms with Crippen molar-refractivity contribution >= 4 is 11.9 Å². The first-order valence-electron chi connectivity index (χ1n) is 5.69. The molecule has 1 aromatic rings. The van der Waals surface area contributed by atoms with Crippen LogP contribution in [0.15, 0.2) is 6.20 Å². The average molecular weight is 255 g/mol. The van der Waals surface area contributed by atoms with E-state index in [9.17, 15) is 9.59 Å². The molecule has 0 aliphatic heterocycles. The summed E-state index contributed by atoms with van der Waals surface area (Å²) < 4.78 is 1.46. The molecule has 0 saturated heterocycles. The van der Waals surface area contributed by atoms with Crippen molar-refractivity contribution in [3.63, 3.8) is 0 Å². The molecule has 4 N–H and O–H groups in total. The van der Waals surface area contributed by atoms with Gasteiger partial charge in [0.1, 0.15) is 0 Å². The minimum Gasteiger partial charge on any atom is -0.481 e. The highest BCUT2D eigenvalue weighted by Gasteiger charge is 2.17. The van der Waals surface area contributed by atoms with Crippen LogP contribution in [0.5, 0.6) is 0 Å². The highest BCUT2D eigenvalue weighted by molar-refractivity contribution is 5.92. The molecule has 0 bridgehead atoms. The highest BCUT2D eigenvalue weighted by Crippen LogP contribution is 2.01. The Bertz CT molecular complexity index is 417. The summed E-state index contributed by atoms with van der Waals surface area (Å²) in [5.74, 6) is -1.95. The van der Waals surface area contributed by atoms with Crippen LogP contribution in [0.3, 0.4) is 0 Å². The minimum absolute atomic E-state index is 0.0778. The summed E-state index contributed by atoms with van der Waals surface area (Å²) >= 11 is 0. The zero-order valence-electron chi connectivity index (χ0n) is 10.2. The summed E-state index contributed by atoms with van der Waals surface area (Å²) in [6.45, 7) is 2.71. The Morgan fingerprint density at radius 2 is 2.33 bits per heavy atom. The van der Waals surface area contributed by atoms with Crippen molar-refractivity contribution < 1.29 is 14.7 Å². The van der Waals surface area contributed by atoms with Crippen LogP contribution in [0.2, 0.25) is 0 Å². The van der Waals surface area contributed by atoms with Crippen molar-refractivity contribution in [2.75, 3.05) is 13.1 Å². The summed E-state index contributed by atoms with van der Waals surface area (Å²) in [6.07, 6.45) is 1.93. The Morgan fingerprint density at radius 1 is 1.61 bits per heavy atom. The molecule has 1 aromatic heterocycles. The van der Waals surface area contributed by atoms with E-state index in [-0.39, 0.29) is 12.2 Å². The van der Waals surface area contributed by atoms with E-state index in [0.717, 1.165) is 0 Å². The second kappa shape index (κ2) is 6.70. The van der Waals surface area contributed by atoms with Gasteiger partial charge in [-0.1, -0.05) is 12.1 Å². The van der Waals surface area contributed by atoms with Crippen LogP contribution in [0.4, 0.5) is 0 Å². The molecule has 1 heterocycles. The predicted octanol–water partition coefficient (Wildman–Crippen LogP) is -0.923. The van der Waals surface area contributed by atoms with E-state index in [0.29, 0.717) is 19.5 Å². The van der Waals surface area contributed by atoms with Gasteiger partial charge in [-0.15, -0.1) is 5.10 Å². The van der Waals surface area contributed by atoms with Crippen LogP contribution in [-0.4, -0.2) is 45.1 Å². The maximum absolute atomic E-state index is 11.7. The largest absolute Gasteiger partial charge is 0.481 e. The van der Waals surface area contributed by atoms with Crippen molar-refractivity contribution in [1.82, 2.24) is 20.3 Å². The third kappa shape index (κ3) is 3.81. The van der Waals surface area contributed by atoms with Gasteiger partial charge in [0.2, 0.25) is 0 Å². The van der Waals surface area contributed by atoms with E-state index in [1.54, 1.807) is 6.92 Å². The number of nitrogens with one attached hydrogen (secondary N) is 1. The van der Waals surface area contributed by atoms with E-state index >= 15 is 0 Å². The predicted molar refractivity (Wildman–Crippen MR) is 62.8 cm³/mol.